The fourth-order valence-corrected chi connectivity index (χ4v) is 4.34. The first kappa shape index (κ1) is 27.6. The molecule has 2 saturated heterocycles. The molecule has 2 aliphatic rings. The van der Waals surface area contributed by atoms with E-state index in [4.69, 9.17) is 9.47 Å². The normalized spacial score (nSPS) is 22.9. The predicted molar refractivity (Wildman–Crippen MR) is 132 cm³/mol. The third-order valence-corrected chi connectivity index (χ3v) is 6.45. The van der Waals surface area contributed by atoms with Crippen LogP contribution in [0.2, 0.25) is 0 Å². The van der Waals surface area contributed by atoms with E-state index < -0.39 is 6.04 Å². The van der Waals surface area contributed by atoms with E-state index in [1.54, 1.807) is 29.2 Å². The number of hydrogen-bond donors (Lipinski definition) is 2. The van der Waals surface area contributed by atoms with Gasteiger partial charge in [0.05, 0.1) is 26.4 Å². The first-order valence-corrected chi connectivity index (χ1v) is 12.4. The molecule has 2 heterocycles. The van der Waals surface area contributed by atoms with Crippen LogP contribution >= 0.6 is 0 Å². The Bertz CT molecular complexity index is 896. The maximum atomic E-state index is 13.4. The predicted octanol–water partition coefficient (Wildman–Crippen LogP) is -0.671. The average Bonchev–Trinajstić information content (AvgIpc) is 2.89. The van der Waals surface area contributed by atoms with Gasteiger partial charge in [0.2, 0.25) is 17.7 Å². The number of nitrogens with one attached hydrogen (secondary N) is 2. The van der Waals surface area contributed by atoms with Gasteiger partial charge in [-0.05, 0) is 39.1 Å². The number of nitrogens with zero attached hydrogens (tertiary/aromatic N) is 3. The molecule has 4 amide bonds. The van der Waals surface area contributed by atoms with Gasteiger partial charge in [0.1, 0.15) is 12.6 Å². The van der Waals surface area contributed by atoms with Crippen molar-refractivity contribution in [2.75, 3.05) is 73.2 Å². The van der Waals surface area contributed by atoms with Crippen LogP contribution in [-0.4, -0.2) is 124 Å². The van der Waals surface area contributed by atoms with Gasteiger partial charge in [-0.25, -0.2) is 0 Å². The summed E-state index contributed by atoms with van der Waals surface area (Å²) in [5.41, 5.74) is 0.512. The zero-order valence-electron chi connectivity index (χ0n) is 21.1. The van der Waals surface area contributed by atoms with Crippen molar-refractivity contribution in [3.63, 3.8) is 0 Å². The van der Waals surface area contributed by atoms with Crippen LogP contribution in [0.1, 0.15) is 23.2 Å². The standard InChI is InChI=1S/C25H37N5O6/c1-28(2)20-8-11-30-21(16-20)25(34)27-10-13-35-14-15-36-18-23(32)29(17-22(30)31)12-9-26-24(33)19-6-4-3-5-7-19/h3-7,20-21H,8-18H2,1-2H3,(H,26,33)(H,27,34)/t20-,21+/m1/s1. The van der Waals surface area contributed by atoms with Crippen LogP contribution in [0.4, 0.5) is 0 Å². The summed E-state index contributed by atoms with van der Waals surface area (Å²) in [6.07, 6.45) is 1.24. The van der Waals surface area contributed by atoms with Gasteiger partial charge >= 0.3 is 0 Å². The molecular weight excluding hydrogens is 466 g/mol. The summed E-state index contributed by atoms with van der Waals surface area (Å²) < 4.78 is 10.9. The average molecular weight is 504 g/mol. The largest absolute Gasteiger partial charge is 0.377 e. The number of fused-ring (bicyclic) bond motifs is 1. The molecule has 2 atom stereocenters. The summed E-state index contributed by atoms with van der Waals surface area (Å²) in [5.74, 6) is -1.15. The molecule has 0 bridgehead atoms. The van der Waals surface area contributed by atoms with E-state index >= 15 is 0 Å². The zero-order valence-corrected chi connectivity index (χ0v) is 21.1. The number of ether oxygens (including phenoxy) is 2. The Morgan fingerprint density at radius 1 is 1.08 bits per heavy atom. The second-order valence-electron chi connectivity index (χ2n) is 9.14. The highest BCUT2D eigenvalue weighted by Gasteiger charge is 2.37. The Morgan fingerprint density at radius 3 is 2.58 bits per heavy atom. The summed E-state index contributed by atoms with van der Waals surface area (Å²) in [5, 5.41) is 5.66. The van der Waals surface area contributed by atoms with Gasteiger partial charge in [0.15, 0.2) is 0 Å². The van der Waals surface area contributed by atoms with Crippen molar-refractivity contribution in [3.8, 4) is 0 Å². The summed E-state index contributed by atoms with van der Waals surface area (Å²) in [4.78, 5) is 56.7. The molecule has 3 rings (SSSR count). The van der Waals surface area contributed by atoms with E-state index in [9.17, 15) is 19.2 Å². The molecule has 1 aromatic carbocycles. The minimum atomic E-state index is -0.630. The number of rotatable bonds is 5. The number of amides is 4. The third-order valence-electron chi connectivity index (χ3n) is 6.45. The van der Waals surface area contributed by atoms with Crippen molar-refractivity contribution in [2.24, 2.45) is 0 Å². The number of carbonyl (C=O) groups is 4. The van der Waals surface area contributed by atoms with E-state index in [2.05, 4.69) is 15.5 Å². The topological polar surface area (TPSA) is 121 Å². The van der Waals surface area contributed by atoms with Crippen molar-refractivity contribution in [3.05, 3.63) is 35.9 Å². The highest BCUT2D eigenvalue weighted by Crippen LogP contribution is 2.21. The molecule has 0 unspecified atom stereocenters. The van der Waals surface area contributed by atoms with Gasteiger partial charge in [-0.3, -0.25) is 19.2 Å². The van der Waals surface area contributed by atoms with Crippen molar-refractivity contribution < 1.29 is 28.7 Å². The number of piperidine rings is 1. The summed E-state index contributed by atoms with van der Waals surface area (Å²) >= 11 is 0. The Balaban J connectivity index is 1.70. The van der Waals surface area contributed by atoms with Crippen LogP contribution in [-0.2, 0) is 23.9 Å². The summed E-state index contributed by atoms with van der Waals surface area (Å²) in [7, 11) is 3.93. The highest BCUT2D eigenvalue weighted by atomic mass is 16.5. The minimum Gasteiger partial charge on any atom is -0.377 e. The molecule has 11 nitrogen and oxygen atoms in total. The molecule has 0 saturated carbocycles. The molecule has 198 valence electrons. The van der Waals surface area contributed by atoms with E-state index in [1.165, 1.54) is 4.90 Å². The van der Waals surface area contributed by atoms with Crippen molar-refractivity contribution in [2.45, 2.75) is 24.9 Å². The second-order valence-corrected chi connectivity index (χ2v) is 9.14. The SMILES string of the molecule is CN(C)[C@@H]1CCN2C(=O)CN(CCNC(=O)c3ccccc3)C(=O)COCCOCCNC(=O)[C@@H]2C1. The summed E-state index contributed by atoms with van der Waals surface area (Å²) in [6.45, 7) is 1.46. The first-order valence-electron chi connectivity index (χ1n) is 12.4. The minimum absolute atomic E-state index is 0.133. The quantitative estimate of drug-likeness (QED) is 0.547. The van der Waals surface area contributed by atoms with Crippen molar-refractivity contribution >= 4 is 23.6 Å². The highest BCUT2D eigenvalue weighted by molar-refractivity contribution is 5.94. The first-order chi connectivity index (χ1) is 17.4. The van der Waals surface area contributed by atoms with Crippen molar-refractivity contribution in [1.29, 1.82) is 0 Å². The molecule has 2 N–H and O–H groups in total. The molecule has 0 aromatic heterocycles. The molecular formula is C25H37N5O6. The molecule has 36 heavy (non-hydrogen) atoms. The van der Waals surface area contributed by atoms with Gasteiger partial charge in [0.25, 0.3) is 5.91 Å². The maximum Gasteiger partial charge on any atom is 0.251 e. The zero-order chi connectivity index (χ0) is 25.9. The Kier molecular flexibility index (Phi) is 10.6. The molecule has 2 fully saturated rings. The Morgan fingerprint density at radius 2 is 1.83 bits per heavy atom. The smallest absolute Gasteiger partial charge is 0.251 e. The van der Waals surface area contributed by atoms with Crippen LogP contribution < -0.4 is 10.6 Å². The van der Waals surface area contributed by atoms with Gasteiger partial charge in [-0.2, -0.15) is 0 Å². The lowest BCUT2D eigenvalue weighted by atomic mass is 9.95. The molecule has 0 radical (unpaired) electrons. The third kappa shape index (κ3) is 8.00. The van der Waals surface area contributed by atoms with Crippen LogP contribution in [0.25, 0.3) is 0 Å². The van der Waals surface area contributed by atoms with E-state index in [1.807, 2.05) is 20.2 Å². The Hall–Kier alpha value is -3.02. The number of carbonyl (C=O) groups excluding carboxylic acids is 4. The molecule has 11 heteroatoms. The molecule has 0 spiro atoms. The van der Waals surface area contributed by atoms with Gasteiger partial charge < -0.3 is 34.8 Å². The van der Waals surface area contributed by atoms with Gasteiger partial charge in [-0.15, -0.1) is 0 Å². The second kappa shape index (κ2) is 13.9. The van der Waals surface area contributed by atoms with E-state index in [0.717, 1.165) is 6.42 Å². The molecule has 0 aliphatic carbocycles. The van der Waals surface area contributed by atoms with Crippen LogP contribution in [0.3, 0.4) is 0 Å². The number of benzene rings is 1. The van der Waals surface area contributed by atoms with E-state index in [0.29, 0.717) is 31.7 Å². The fraction of sp³-hybridized carbons (Fsp3) is 0.600. The van der Waals surface area contributed by atoms with Crippen LogP contribution in [0.15, 0.2) is 30.3 Å². The molecule has 2 aliphatic heterocycles. The van der Waals surface area contributed by atoms with Crippen LogP contribution in [0.5, 0.6) is 0 Å². The monoisotopic (exact) mass is 503 g/mol. The number of hydrogen-bond acceptors (Lipinski definition) is 7. The lowest BCUT2D eigenvalue weighted by Crippen LogP contribution is -2.59. The lowest BCUT2D eigenvalue weighted by molar-refractivity contribution is -0.148. The van der Waals surface area contributed by atoms with Crippen molar-refractivity contribution in [1.82, 2.24) is 25.3 Å². The van der Waals surface area contributed by atoms with Gasteiger partial charge in [-0.1, -0.05) is 18.2 Å². The molecule has 1 aromatic rings. The van der Waals surface area contributed by atoms with E-state index in [-0.39, 0.29) is 69.1 Å². The Labute approximate surface area is 212 Å². The fourth-order valence-electron chi connectivity index (χ4n) is 4.34. The maximum absolute atomic E-state index is 13.4. The van der Waals surface area contributed by atoms with Gasteiger partial charge in [0, 0.05) is 37.8 Å². The van der Waals surface area contributed by atoms with Crippen LogP contribution in [0, 0.1) is 0 Å². The summed E-state index contributed by atoms with van der Waals surface area (Å²) in [6, 6.07) is 8.31. The lowest BCUT2D eigenvalue weighted by Gasteiger charge is -2.41.